The van der Waals surface area contributed by atoms with Crippen molar-refractivity contribution < 1.29 is 19.5 Å². The number of benzene rings is 1. The maximum Gasteiger partial charge on any atom is 0.277 e. The summed E-state index contributed by atoms with van der Waals surface area (Å²) in [4.78, 5) is 38.8. The van der Waals surface area contributed by atoms with Crippen LogP contribution >= 0.6 is 0 Å². The van der Waals surface area contributed by atoms with Crippen LogP contribution in [0.1, 0.15) is 31.1 Å². The zero-order chi connectivity index (χ0) is 18.2. The van der Waals surface area contributed by atoms with Crippen molar-refractivity contribution in [3.63, 3.8) is 0 Å². The van der Waals surface area contributed by atoms with E-state index >= 15 is 0 Å². The Balaban J connectivity index is 2.38. The number of anilines is 1. The molecule has 0 saturated carbocycles. The molecule has 0 fully saturated rings. The molecule has 0 radical (unpaired) electrons. The van der Waals surface area contributed by atoms with E-state index in [0.717, 1.165) is 4.90 Å². The predicted octanol–water partition coefficient (Wildman–Crippen LogP) is 1.56. The number of nitrogens with zero attached hydrogens (tertiary/aromatic N) is 2. The van der Waals surface area contributed by atoms with E-state index in [0.29, 0.717) is 0 Å². The van der Waals surface area contributed by atoms with Gasteiger partial charge in [0.1, 0.15) is 5.70 Å². The summed E-state index contributed by atoms with van der Waals surface area (Å²) in [5, 5.41) is 13.2. The number of carbonyl (C=O) groups excluding carboxylic acids is 3. The monoisotopic (exact) mass is 331 g/mol. The lowest BCUT2D eigenvalue weighted by Crippen LogP contribution is -2.33. The highest BCUT2D eigenvalue weighted by atomic mass is 16.3. The van der Waals surface area contributed by atoms with Crippen LogP contribution in [0.2, 0.25) is 0 Å². The number of phenols is 1. The molecule has 1 aromatic rings. The lowest BCUT2D eigenvalue weighted by molar-refractivity contribution is -0.135. The highest BCUT2D eigenvalue weighted by molar-refractivity contribution is 6.20. The Morgan fingerprint density at radius 2 is 1.88 bits per heavy atom. The van der Waals surface area contributed by atoms with Crippen molar-refractivity contribution in [2.75, 3.05) is 19.4 Å². The lowest BCUT2D eigenvalue weighted by Gasteiger charge is -2.22. The van der Waals surface area contributed by atoms with E-state index in [4.69, 9.17) is 0 Å². The van der Waals surface area contributed by atoms with Gasteiger partial charge in [-0.3, -0.25) is 19.3 Å². The number of phenolic OH excluding ortho intramolecular Hbond substituents is 1. The Morgan fingerprint density at radius 3 is 2.38 bits per heavy atom. The van der Waals surface area contributed by atoms with Crippen molar-refractivity contribution in [1.82, 2.24) is 9.80 Å². The summed E-state index contributed by atoms with van der Waals surface area (Å²) in [5.74, 6) is -1.46. The topological polar surface area (TPSA) is 90.0 Å². The Hall–Kier alpha value is -2.83. The van der Waals surface area contributed by atoms with E-state index in [1.54, 1.807) is 13.1 Å². The van der Waals surface area contributed by atoms with Crippen molar-refractivity contribution in [1.29, 1.82) is 0 Å². The second-order valence-corrected chi connectivity index (χ2v) is 6.01. The van der Waals surface area contributed by atoms with Gasteiger partial charge < -0.3 is 15.3 Å². The molecule has 0 saturated heterocycles. The Kier molecular flexibility index (Phi) is 4.64. The van der Waals surface area contributed by atoms with Crippen LogP contribution in [-0.2, 0) is 9.59 Å². The molecule has 0 aromatic heterocycles. The van der Waals surface area contributed by atoms with Gasteiger partial charge in [0.05, 0.1) is 11.3 Å². The molecule has 24 heavy (non-hydrogen) atoms. The van der Waals surface area contributed by atoms with Gasteiger partial charge in [-0.15, -0.1) is 0 Å². The van der Waals surface area contributed by atoms with Gasteiger partial charge in [-0.2, -0.15) is 0 Å². The number of imide groups is 1. The molecular weight excluding hydrogens is 310 g/mol. The van der Waals surface area contributed by atoms with Gasteiger partial charge in [-0.05, 0) is 32.9 Å². The van der Waals surface area contributed by atoms with Crippen molar-refractivity contribution in [2.45, 2.75) is 26.8 Å². The number of para-hydroxylation sites is 1. The van der Waals surface area contributed by atoms with Crippen LogP contribution in [0.25, 0.3) is 0 Å². The number of nitrogens with one attached hydrogen (secondary N) is 1. The Bertz CT molecular complexity index is 752. The molecule has 1 heterocycles. The summed E-state index contributed by atoms with van der Waals surface area (Å²) in [5.41, 5.74) is 0.681. The highest BCUT2D eigenvalue weighted by Crippen LogP contribution is 2.31. The summed E-state index contributed by atoms with van der Waals surface area (Å²) in [6.07, 6.45) is 0. The summed E-state index contributed by atoms with van der Waals surface area (Å²) in [6.45, 7) is 5.26. The largest absolute Gasteiger partial charge is 0.505 e. The summed E-state index contributed by atoms with van der Waals surface area (Å²) < 4.78 is 0. The molecule has 1 aromatic carbocycles. The zero-order valence-electron chi connectivity index (χ0n) is 14.4. The van der Waals surface area contributed by atoms with E-state index in [1.165, 1.54) is 31.0 Å². The Morgan fingerprint density at radius 1 is 1.25 bits per heavy atom. The first kappa shape index (κ1) is 17.5. The molecule has 3 amide bonds. The molecule has 0 bridgehead atoms. The number of carbonyl (C=O) groups is 3. The van der Waals surface area contributed by atoms with Gasteiger partial charge in [-0.25, -0.2) is 0 Å². The highest BCUT2D eigenvalue weighted by Gasteiger charge is 2.33. The van der Waals surface area contributed by atoms with Crippen LogP contribution in [0, 0.1) is 0 Å². The molecule has 128 valence electrons. The summed E-state index contributed by atoms with van der Waals surface area (Å²) in [6, 6.07) is 4.62. The minimum atomic E-state index is -0.479. The third kappa shape index (κ3) is 2.84. The van der Waals surface area contributed by atoms with Crippen molar-refractivity contribution >= 4 is 23.4 Å². The third-order valence-electron chi connectivity index (χ3n) is 4.14. The summed E-state index contributed by atoms with van der Waals surface area (Å²) >= 11 is 0. The molecule has 1 aliphatic rings. The van der Waals surface area contributed by atoms with Gasteiger partial charge in [0, 0.05) is 25.7 Å². The molecule has 2 rings (SSSR count). The summed E-state index contributed by atoms with van der Waals surface area (Å²) in [7, 11) is 3.04. The van der Waals surface area contributed by atoms with Gasteiger partial charge in [0.2, 0.25) is 0 Å². The van der Waals surface area contributed by atoms with Crippen molar-refractivity contribution in [3.8, 4) is 5.75 Å². The normalized spacial score (nSPS) is 14.7. The zero-order valence-corrected chi connectivity index (χ0v) is 14.4. The Labute approximate surface area is 140 Å². The standard InChI is InChI=1S/C17H21N3O4/c1-9(2)19(4)16(23)11-7-6-8-12(14(11)21)18-13-10(3)15(22)20(5)17(13)24/h6-9,18,21H,1-5H3. The van der Waals surface area contributed by atoms with E-state index < -0.39 is 11.8 Å². The number of hydrogen-bond donors (Lipinski definition) is 2. The number of aromatic hydroxyl groups is 1. The molecule has 0 spiro atoms. The van der Waals surface area contributed by atoms with E-state index in [1.807, 2.05) is 13.8 Å². The molecule has 1 aliphatic heterocycles. The first-order valence-electron chi connectivity index (χ1n) is 7.56. The fraction of sp³-hybridized carbons (Fsp3) is 0.353. The molecule has 0 unspecified atom stereocenters. The number of likely N-dealkylation sites (N-methyl/N-ethyl adjacent to an activating group) is 1. The fourth-order valence-corrected chi connectivity index (χ4v) is 2.30. The minimum absolute atomic E-state index is 0.0267. The van der Waals surface area contributed by atoms with Crippen LogP contribution in [0.15, 0.2) is 29.5 Å². The van der Waals surface area contributed by atoms with E-state index in [2.05, 4.69) is 5.32 Å². The van der Waals surface area contributed by atoms with Crippen molar-refractivity contribution in [2.24, 2.45) is 0 Å². The van der Waals surface area contributed by atoms with Crippen LogP contribution in [0.5, 0.6) is 5.75 Å². The first-order chi connectivity index (χ1) is 11.2. The van der Waals surface area contributed by atoms with Gasteiger partial charge >= 0.3 is 0 Å². The smallest absolute Gasteiger partial charge is 0.277 e. The molecule has 0 atom stereocenters. The molecule has 0 aliphatic carbocycles. The second kappa shape index (κ2) is 6.35. The molecule has 7 nitrogen and oxygen atoms in total. The second-order valence-electron chi connectivity index (χ2n) is 6.01. The third-order valence-corrected chi connectivity index (χ3v) is 4.14. The predicted molar refractivity (Wildman–Crippen MR) is 89.4 cm³/mol. The molecule has 7 heteroatoms. The van der Waals surface area contributed by atoms with E-state index in [-0.39, 0.29) is 40.2 Å². The number of amides is 3. The van der Waals surface area contributed by atoms with Crippen LogP contribution in [0.3, 0.4) is 0 Å². The van der Waals surface area contributed by atoms with Crippen LogP contribution < -0.4 is 5.32 Å². The fourth-order valence-electron chi connectivity index (χ4n) is 2.30. The maximum atomic E-state index is 12.4. The van der Waals surface area contributed by atoms with Gasteiger partial charge in [-0.1, -0.05) is 6.07 Å². The average Bonchev–Trinajstić information content (AvgIpc) is 2.73. The van der Waals surface area contributed by atoms with Gasteiger partial charge in [0.15, 0.2) is 5.75 Å². The molecule has 2 N–H and O–H groups in total. The quantitative estimate of drug-likeness (QED) is 0.645. The SMILES string of the molecule is CC1=C(Nc2cccc(C(=O)N(C)C(C)C)c2O)C(=O)N(C)C1=O. The molecular formula is C17H21N3O4. The maximum absolute atomic E-state index is 12.4. The van der Waals surface area contributed by atoms with Crippen LogP contribution in [0.4, 0.5) is 5.69 Å². The van der Waals surface area contributed by atoms with Gasteiger partial charge in [0.25, 0.3) is 17.7 Å². The first-order valence-corrected chi connectivity index (χ1v) is 7.56. The van der Waals surface area contributed by atoms with Crippen molar-refractivity contribution in [3.05, 3.63) is 35.0 Å². The lowest BCUT2D eigenvalue weighted by atomic mass is 10.1. The number of rotatable bonds is 4. The minimum Gasteiger partial charge on any atom is -0.505 e. The number of hydrogen-bond acceptors (Lipinski definition) is 5. The van der Waals surface area contributed by atoms with E-state index in [9.17, 15) is 19.5 Å². The van der Waals surface area contributed by atoms with Crippen LogP contribution in [-0.4, -0.2) is 52.8 Å². The average molecular weight is 331 g/mol.